The normalized spacial score (nSPS) is 19.5. The molecule has 3 heteroatoms. The van der Waals surface area contributed by atoms with Gasteiger partial charge in [-0.05, 0) is 32.9 Å². The third-order valence-corrected chi connectivity index (χ3v) is 3.43. The molecule has 0 aromatic carbocycles. The van der Waals surface area contributed by atoms with Crippen LogP contribution < -0.4 is 0 Å². The first kappa shape index (κ1) is 12.5. The molecule has 0 amide bonds. The minimum absolute atomic E-state index is 0.303. The summed E-state index contributed by atoms with van der Waals surface area (Å²) in [6.07, 6.45) is 1.88. The molecule has 1 aromatic heterocycles. The minimum Gasteiger partial charge on any atom is -0.296 e. The van der Waals surface area contributed by atoms with E-state index in [4.69, 9.17) is 0 Å². The molecule has 94 valence electrons. The van der Waals surface area contributed by atoms with Crippen molar-refractivity contribution in [2.45, 2.75) is 32.9 Å². The molecule has 1 aliphatic heterocycles. The number of nitrogens with zero attached hydrogens (tertiary/aromatic N) is 3. The van der Waals surface area contributed by atoms with Gasteiger partial charge >= 0.3 is 0 Å². The summed E-state index contributed by atoms with van der Waals surface area (Å²) >= 11 is 0. The molecule has 1 saturated heterocycles. The highest BCUT2D eigenvalue weighted by molar-refractivity contribution is 5.03. The van der Waals surface area contributed by atoms with Crippen LogP contribution in [-0.4, -0.2) is 46.5 Å². The highest BCUT2D eigenvalue weighted by Crippen LogP contribution is 2.16. The van der Waals surface area contributed by atoms with Crippen molar-refractivity contribution < 1.29 is 0 Å². The summed E-state index contributed by atoms with van der Waals surface area (Å²) in [5, 5.41) is 0. The number of aromatic nitrogens is 1. The maximum atomic E-state index is 4.39. The van der Waals surface area contributed by atoms with Crippen molar-refractivity contribution in [1.82, 2.24) is 14.8 Å². The minimum atomic E-state index is 0.303. The molecule has 0 aliphatic carbocycles. The quantitative estimate of drug-likeness (QED) is 0.779. The average molecular weight is 233 g/mol. The summed E-state index contributed by atoms with van der Waals surface area (Å²) in [5.41, 5.74) is 1.48. The summed E-state index contributed by atoms with van der Waals surface area (Å²) in [4.78, 5) is 9.43. The predicted octanol–water partition coefficient (Wildman–Crippen LogP) is 2.00. The number of hydrogen-bond acceptors (Lipinski definition) is 3. The SMILES string of the molecule is CC(C)(C)N1CCN(Cc2ccccn2)CC1. The van der Waals surface area contributed by atoms with Crippen LogP contribution in [0.5, 0.6) is 0 Å². The van der Waals surface area contributed by atoms with Crippen LogP contribution in [0.2, 0.25) is 0 Å². The summed E-state index contributed by atoms with van der Waals surface area (Å²) in [6, 6.07) is 6.14. The Hall–Kier alpha value is -0.930. The first-order valence-electron chi connectivity index (χ1n) is 6.43. The first-order valence-corrected chi connectivity index (χ1v) is 6.43. The van der Waals surface area contributed by atoms with Crippen molar-refractivity contribution in [3.63, 3.8) is 0 Å². The molecule has 0 radical (unpaired) electrons. The Kier molecular flexibility index (Phi) is 3.79. The fourth-order valence-corrected chi connectivity index (χ4v) is 2.30. The van der Waals surface area contributed by atoms with Crippen molar-refractivity contribution in [3.8, 4) is 0 Å². The van der Waals surface area contributed by atoms with E-state index in [9.17, 15) is 0 Å². The van der Waals surface area contributed by atoms with Gasteiger partial charge in [-0.15, -0.1) is 0 Å². The van der Waals surface area contributed by atoms with Crippen LogP contribution in [0.1, 0.15) is 26.5 Å². The standard InChI is InChI=1S/C14H23N3/c1-14(2,3)17-10-8-16(9-11-17)12-13-6-4-5-7-15-13/h4-7H,8-12H2,1-3H3. The first-order chi connectivity index (χ1) is 8.05. The summed E-state index contributed by atoms with van der Waals surface area (Å²) in [7, 11) is 0. The molecule has 2 rings (SSSR count). The average Bonchev–Trinajstić information content (AvgIpc) is 2.30. The van der Waals surface area contributed by atoms with E-state index in [1.54, 1.807) is 0 Å². The number of pyridine rings is 1. The van der Waals surface area contributed by atoms with Gasteiger partial charge in [0, 0.05) is 44.5 Å². The fourth-order valence-electron chi connectivity index (χ4n) is 2.30. The second kappa shape index (κ2) is 5.15. The Morgan fingerprint density at radius 2 is 1.82 bits per heavy atom. The Bertz CT molecular complexity index is 334. The zero-order valence-electron chi connectivity index (χ0n) is 11.2. The molecule has 1 fully saturated rings. The largest absolute Gasteiger partial charge is 0.296 e. The highest BCUT2D eigenvalue weighted by Gasteiger charge is 2.25. The van der Waals surface area contributed by atoms with Crippen molar-refractivity contribution in [3.05, 3.63) is 30.1 Å². The van der Waals surface area contributed by atoms with Gasteiger partial charge < -0.3 is 0 Å². The van der Waals surface area contributed by atoms with Gasteiger partial charge in [-0.3, -0.25) is 14.8 Å². The van der Waals surface area contributed by atoms with Gasteiger partial charge in [-0.25, -0.2) is 0 Å². The summed E-state index contributed by atoms with van der Waals surface area (Å²) < 4.78 is 0. The van der Waals surface area contributed by atoms with Gasteiger partial charge in [0.15, 0.2) is 0 Å². The second-order valence-corrected chi connectivity index (χ2v) is 5.76. The van der Waals surface area contributed by atoms with Crippen LogP contribution in [0.4, 0.5) is 0 Å². The Balaban J connectivity index is 1.84. The number of rotatable bonds is 2. The zero-order chi connectivity index (χ0) is 12.3. The van der Waals surface area contributed by atoms with Crippen molar-refractivity contribution >= 4 is 0 Å². The van der Waals surface area contributed by atoms with E-state index in [1.165, 1.54) is 5.69 Å². The third-order valence-electron chi connectivity index (χ3n) is 3.43. The molecule has 0 saturated carbocycles. The molecule has 3 nitrogen and oxygen atoms in total. The molecule has 0 N–H and O–H groups in total. The van der Waals surface area contributed by atoms with Gasteiger partial charge in [0.25, 0.3) is 0 Å². The molecular formula is C14H23N3. The third kappa shape index (κ3) is 3.51. The van der Waals surface area contributed by atoms with E-state index in [0.29, 0.717) is 5.54 Å². The van der Waals surface area contributed by atoms with Crippen LogP contribution >= 0.6 is 0 Å². The Morgan fingerprint density at radius 3 is 2.35 bits per heavy atom. The smallest absolute Gasteiger partial charge is 0.0543 e. The van der Waals surface area contributed by atoms with E-state index in [2.05, 4.69) is 47.7 Å². The highest BCUT2D eigenvalue weighted by atomic mass is 15.3. The van der Waals surface area contributed by atoms with Gasteiger partial charge in [0.1, 0.15) is 0 Å². The molecule has 2 heterocycles. The lowest BCUT2D eigenvalue weighted by Gasteiger charge is -2.42. The molecule has 0 atom stereocenters. The Labute approximate surface area is 104 Å². The summed E-state index contributed by atoms with van der Waals surface area (Å²) in [5.74, 6) is 0. The lowest BCUT2D eigenvalue weighted by molar-refractivity contribution is 0.0586. The van der Waals surface area contributed by atoms with Crippen molar-refractivity contribution in [2.24, 2.45) is 0 Å². The lowest BCUT2D eigenvalue weighted by Crippen LogP contribution is -2.53. The van der Waals surface area contributed by atoms with E-state index in [1.807, 2.05) is 12.3 Å². The molecular weight excluding hydrogens is 210 g/mol. The van der Waals surface area contributed by atoms with E-state index in [-0.39, 0.29) is 0 Å². The van der Waals surface area contributed by atoms with Crippen LogP contribution in [0.15, 0.2) is 24.4 Å². The van der Waals surface area contributed by atoms with Crippen LogP contribution in [0.3, 0.4) is 0 Å². The van der Waals surface area contributed by atoms with E-state index < -0.39 is 0 Å². The molecule has 0 unspecified atom stereocenters. The fraction of sp³-hybridized carbons (Fsp3) is 0.643. The topological polar surface area (TPSA) is 19.4 Å². The van der Waals surface area contributed by atoms with E-state index in [0.717, 1.165) is 32.7 Å². The summed E-state index contributed by atoms with van der Waals surface area (Å²) in [6.45, 7) is 12.5. The van der Waals surface area contributed by atoms with Crippen LogP contribution in [0.25, 0.3) is 0 Å². The predicted molar refractivity (Wildman–Crippen MR) is 70.8 cm³/mol. The second-order valence-electron chi connectivity index (χ2n) is 5.76. The van der Waals surface area contributed by atoms with Gasteiger partial charge in [-0.2, -0.15) is 0 Å². The van der Waals surface area contributed by atoms with E-state index >= 15 is 0 Å². The molecule has 0 spiro atoms. The zero-order valence-corrected chi connectivity index (χ0v) is 11.2. The number of piperazine rings is 1. The van der Waals surface area contributed by atoms with Crippen LogP contribution in [0, 0.1) is 0 Å². The Morgan fingerprint density at radius 1 is 1.12 bits per heavy atom. The van der Waals surface area contributed by atoms with Crippen molar-refractivity contribution in [1.29, 1.82) is 0 Å². The molecule has 1 aromatic rings. The maximum Gasteiger partial charge on any atom is 0.0543 e. The maximum absolute atomic E-state index is 4.39. The van der Waals surface area contributed by atoms with Crippen molar-refractivity contribution in [2.75, 3.05) is 26.2 Å². The van der Waals surface area contributed by atoms with Gasteiger partial charge in [0.05, 0.1) is 5.69 Å². The molecule has 1 aliphatic rings. The van der Waals surface area contributed by atoms with Gasteiger partial charge in [0.2, 0.25) is 0 Å². The number of hydrogen-bond donors (Lipinski definition) is 0. The molecule has 0 bridgehead atoms. The monoisotopic (exact) mass is 233 g/mol. The lowest BCUT2D eigenvalue weighted by atomic mass is 10.0. The van der Waals surface area contributed by atoms with Crippen LogP contribution in [-0.2, 0) is 6.54 Å². The van der Waals surface area contributed by atoms with Gasteiger partial charge in [-0.1, -0.05) is 6.07 Å². The molecule has 17 heavy (non-hydrogen) atoms.